The lowest BCUT2D eigenvalue weighted by Crippen LogP contribution is -2.33. The normalized spacial score (nSPS) is 28.5. The van der Waals surface area contributed by atoms with E-state index in [4.69, 9.17) is 18.5 Å². The Bertz CT molecular complexity index is 1530. The molecule has 0 amide bonds. The highest BCUT2D eigenvalue weighted by molar-refractivity contribution is 7.48. The highest BCUT2D eigenvalue weighted by atomic mass is 31.2. The highest BCUT2D eigenvalue weighted by Crippen LogP contribution is 2.52. The lowest BCUT2D eigenvalue weighted by Gasteiger charge is -2.21. The molecule has 0 spiro atoms. The van der Waals surface area contributed by atoms with Gasteiger partial charge in [-0.2, -0.15) is 0 Å². The zero-order valence-electron chi connectivity index (χ0n) is 22.6. The van der Waals surface area contributed by atoms with Crippen molar-refractivity contribution in [3.63, 3.8) is 0 Å². The van der Waals surface area contributed by atoms with E-state index in [9.17, 15) is 48.3 Å². The largest absolute Gasteiger partial charge is 0.474 e. The molecule has 2 aliphatic rings. The molecule has 4 heterocycles. The number of nitrogens with zero attached hydrogens (tertiary/aromatic N) is 2. The first-order chi connectivity index (χ1) is 20.1. The molecular formula is C21H30N4O16P2. The Hall–Kier alpha value is -2.58. The molecule has 20 nitrogen and oxygen atoms in total. The number of hydrogen-bond acceptors (Lipinski definition) is 14. The van der Waals surface area contributed by atoms with Crippen molar-refractivity contribution in [1.29, 1.82) is 0 Å². The Balaban J connectivity index is 1.33. The molecule has 4 unspecified atom stereocenters. The second kappa shape index (κ2) is 13.2. The van der Waals surface area contributed by atoms with Crippen molar-refractivity contribution in [1.82, 2.24) is 19.1 Å². The van der Waals surface area contributed by atoms with Gasteiger partial charge in [-0.1, -0.05) is 0 Å². The molecule has 2 aliphatic heterocycles. The van der Waals surface area contributed by atoms with Crippen LogP contribution in [0.4, 0.5) is 0 Å². The Morgan fingerprint density at radius 1 is 0.791 bits per heavy atom. The summed E-state index contributed by atoms with van der Waals surface area (Å²) in [5, 5.41) is 19.2. The van der Waals surface area contributed by atoms with E-state index in [-0.39, 0.29) is 24.0 Å². The van der Waals surface area contributed by atoms with Gasteiger partial charge in [0.1, 0.15) is 36.9 Å². The monoisotopic (exact) mass is 656 g/mol. The smallest absolute Gasteiger partial charge is 0.394 e. The first kappa shape index (κ1) is 33.3. The number of H-pyrrole nitrogens is 2. The summed E-state index contributed by atoms with van der Waals surface area (Å²) < 4.78 is 57.4. The van der Waals surface area contributed by atoms with Gasteiger partial charge in [-0.15, -0.1) is 0 Å². The number of aromatic amines is 2. The molecule has 0 aromatic carbocycles. The minimum Gasteiger partial charge on any atom is -0.394 e. The Labute approximate surface area is 240 Å². The van der Waals surface area contributed by atoms with Crippen LogP contribution in [0.3, 0.4) is 0 Å². The van der Waals surface area contributed by atoms with Crippen molar-refractivity contribution >= 4 is 15.6 Å². The van der Waals surface area contributed by atoms with Gasteiger partial charge in [0.05, 0.1) is 13.2 Å². The Morgan fingerprint density at radius 2 is 1.16 bits per heavy atom. The standard InChI is InChI=1S/C21H30N4O16P2/c1-10-5-24(20(30)22-18(10)28)16-3-12(14(7-26)38-16)40-42(32,33)36-9-37-43(34,35)41-13-4-17(39-15(13)8-27)25-6-11(2)19(29)23-21(25)31/h5-6,12-17,26-27H,3-4,7-9H2,1-2H3,(H,32,33)(H,34,35)(H,22,28,30)(H,23,29,31)/t12?,13?,14-,15+,16-,17+. The van der Waals surface area contributed by atoms with Crippen molar-refractivity contribution in [2.24, 2.45) is 0 Å². The minimum atomic E-state index is -5.02. The summed E-state index contributed by atoms with van der Waals surface area (Å²) in [6.07, 6.45) is -5.16. The SMILES string of the molecule is Cc1cn([C@@H]2CC(OP(=O)(O)OCOP(=O)(O)OC3C[C@H](n4cc(C)c(=O)[nH]c4=O)O[C@@H]3CO)[C@H](CO)O2)c(=O)[nH]c1=O. The molecule has 2 fully saturated rings. The van der Waals surface area contributed by atoms with E-state index < -0.39 is 95.0 Å². The van der Waals surface area contributed by atoms with E-state index in [1.807, 2.05) is 0 Å². The van der Waals surface area contributed by atoms with Crippen LogP contribution >= 0.6 is 15.6 Å². The zero-order chi connectivity index (χ0) is 31.7. The molecule has 2 saturated heterocycles. The number of phosphoric acid groups is 2. The summed E-state index contributed by atoms with van der Waals surface area (Å²) in [7, 11) is -10.0. The van der Waals surface area contributed by atoms with Crippen molar-refractivity contribution in [3.8, 4) is 0 Å². The van der Waals surface area contributed by atoms with Crippen LogP contribution in [0.5, 0.6) is 0 Å². The summed E-state index contributed by atoms with van der Waals surface area (Å²) in [5.41, 5.74) is -2.51. The van der Waals surface area contributed by atoms with Gasteiger partial charge in [0.2, 0.25) is 0 Å². The van der Waals surface area contributed by atoms with Crippen molar-refractivity contribution < 1.29 is 56.7 Å². The van der Waals surface area contributed by atoms with Crippen LogP contribution in [0, 0.1) is 13.8 Å². The van der Waals surface area contributed by atoms with Gasteiger partial charge in [0, 0.05) is 36.4 Å². The molecule has 43 heavy (non-hydrogen) atoms. The zero-order valence-corrected chi connectivity index (χ0v) is 24.4. The molecule has 240 valence electrons. The first-order valence-corrected chi connectivity index (χ1v) is 15.6. The number of ether oxygens (including phenoxy) is 2. The number of aromatic nitrogens is 4. The number of aliphatic hydroxyl groups is 2. The number of aryl methyl sites for hydroxylation is 2. The maximum Gasteiger partial charge on any atom is 0.474 e. The Morgan fingerprint density at radius 3 is 1.51 bits per heavy atom. The molecule has 0 aliphatic carbocycles. The second-order valence-corrected chi connectivity index (χ2v) is 12.5. The molecule has 4 rings (SSSR count). The van der Waals surface area contributed by atoms with Crippen LogP contribution in [0.1, 0.15) is 36.4 Å². The number of nitrogens with one attached hydrogen (secondary N) is 2. The van der Waals surface area contributed by atoms with Crippen molar-refractivity contribution in [3.05, 3.63) is 65.2 Å². The topological polar surface area (TPSA) is 280 Å². The van der Waals surface area contributed by atoms with Crippen LogP contribution < -0.4 is 22.5 Å². The minimum absolute atomic E-state index is 0.183. The quantitative estimate of drug-likeness (QED) is 0.109. The summed E-state index contributed by atoms with van der Waals surface area (Å²) in [5.74, 6) is 0. The van der Waals surface area contributed by atoms with Gasteiger partial charge in [0.25, 0.3) is 11.1 Å². The van der Waals surface area contributed by atoms with Gasteiger partial charge in [-0.25, -0.2) is 18.7 Å². The highest BCUT2D eigenvalue weighted by Gasteiger charge is 2.44. The van der Waals surface area contributed by atoms with Gasteiger partial charge in [0.15, 0.2) is 6.79 Å². The molecule has 2 aromatic heterocycles. The van der Waals surface area contributed by atoms with Crippen molar-refractivity contribution in [2.45, 2.75) is 63.6 Å². The number of rotatable bonds is 12. The van der Waals surface area contributed by atoms with Gasteiger partial charge >= 0.3 is 27.0 Å². The average molecular weight is 656 g/mol. The van der Waals surface area contributed by atoms with E-state index in [0.717, 1.165) is 9.13 Å². The van der Waals surface area contributed by atoms with E-state index in [1.54, 1.807) is 0 Å². The van der Waals surface area contributed by atoms with E-state index in [0.29, 0.717) is 0 Å². The Kier molecular flexibility index (Phi) is 10.2. The third kappa shape index (κ3) is 7.93. The fourth-order valence-electron chi connectivity index (χ4n) is 4.45. The third-order valence-electron chi connectivity index (χ3n) is 6.60. The fourth-order valence-corrected chi connectivity index (χ4v) is 6.16. The summed E-state index contributed by atoms with van der Waals surface area (Å²) in [4.78, 5) is 72.0. The average Bonchev–Trinajstić information content (AvgIpc) is 3.50. The second-order valence-electron chi connectivity index (χ2n) is 9.65. The predicted octanol–water partition coefficient (Wildman–Crippen LogP) is -1.77. The molecule has 0 bridgehead atoms. The number of aliphatic hydroxyl groups excluding tert-OH is 2. The van der Waals surface area contributed by atoms with Gasteiger partial charge in [-0.05, 0) is 13.8 Å². The van der Waals surface area contributed by atoms with Crippen LogP contribution in [0.2, 0.25) is 0 Å². The third-order valence-corrected chi connectivity index (χ3v) is 8.54. The molecule has 22 heteroatoms. The first-order valence-electron chi connectivity index (χ1n) is 12.6. The molecular weight excluding hydrogens is 626 g/mol. The maximum absolute atomic E-state index is 12.5. The maximum atomic E-state index is 12.5. The van der Waals surface area contributed by atoms with Crippen LogP contribution in [0.15, 0.2) is 31.6 Å². The number of phosphoric ester groups is 2. The molecule has 2 aromatic rings. The molecule has 0 saturated carbocycles. The summed E-state index contributed by atoms with van der Waals surface area (Å²) in [6, 6.07) is 0. The van der Waals surface area contributed by atoms with Gasteiger partial charge < -0.3 is 29.5 Å². The van der Waals surface area contributed by atoms with Crippen LogP contribution in [-0.4, -0.2) is 83.5 Å². The van der Waals surface area contributed by atoms with E-state index in [1.165, 1.54) is 26.2 Å². The number of hydrogen-bond donors (Lipinski definition) is 6. The lowest BCUT2D eigenvalue weighted by molar-refractivity contribution is -0.0532. The summed E-state index contributed by atoms with van der Waals surface area (Å²) >= 11 is 0. The van der Waals surface area contributed by atoms with Crippen LogP contribution in [-0.2, 0) is 36.7 Å². The van der Waals surface area contributed by atoms with Crippen molar-refractivity contribution in [2.75, 3.05) is 20.0 Å². The summed E-state index contributed by atoms with van der Waals surface area (Å²) in [6.45, 7) is 0.222. The van der Waals surface area contributed by atoms with E-state index >= 15 is 0 Å². The van der Waals surface area contributed by atoms with Gasteiger partial charge in [-0.3, -0.25) is 46.8 Å². The fraction of sp³-hybridized carbons (Fsp3) is 0.619. The van der Waals surface area contributed by atoms with E-state index in [2.05, 4.69) is 19.0 Å². The molecule has 6 N–H and O–H groups in total. The predicted molar refractivity (Wildman–Crippen MR) is 140 cm³/mol. The molecule has 0 radical (unpaired) electrons. The molecule has 8 atom stereocenters. The van der Waals surface area contributed by atoms with Crippen LogP contribution in [0.25, 0.3) is 0 Å². The lowest BCUT2D eigenvalue weighted by atomic mass is 10.2.